The molecule has 1 N–H and O–H groups in total. The lowest BCUT2D eigenvalue weighted by Gasteiger charge is -2.37. The van der Waals surface area contributed by atoms with E-state index in [4.69, 9.17) is 11.6 Å². The van der Waals surface area contributed by atoms with Crippen molar-refractivity contribution in [3.63, 3.8) is 0 Å². The van der Waals surface area contributed by atoms with Gasteiger partial charge in [0.25, 0.3) is 10.2 Å². The van der Waals surface area contributed by atoms with E-state index in [-0.39, 0.29) is 29.6 Å². The van der Waals surface area contributed by atoms with Crippen molar-refractivity contribution in [1.29, 1.82) is 0 Å². The number of alkyl halides is 1. The van der Waals surface area contributed by atoms with Gasteiger partial charge in [-0.05, 0) is 24.5 Å². The topological polar surface area (TPSA) is 73.0 Å². The van der Waals surface area contributed by atoms with Crippen molar-refractivity contribution in [2.24, 2.45) is 0 Å². The summed E-state index contributed by atoms with van der Waals surface area (Å²) < 4.78 is 57.0. The number of urea groups is 1. The number of hydrogen-bond donors (Lipinski definition) is 1. The van der Waals surface area contributed by atoms with Crippen LogP contribution in [0.4, 0.5) is 13.6 Å². The summed E-state index contributed by atoms with van der Waals surface area (Å²) in [6, 6.07) is 2.00. The normalized spacial score (nSPS) is 25.3. The fraction of sp³-hybridized carbons (Fsp3) is 0.588. The summed E-state index contributed by atoms with van der Waals surface area (Å²) in [6.07, 6.45) is -0.817. The molecule has 156 valence electrons. The van der Waals surface area contributed by atoms with Gasteiger partial charge in [-0.15, -0.1) is 0 Å². The molecule has 2 fully saturated rings. The second-order valence-electron chi connectivity index (χ2n) is 7.21. The summed E-state index contributed by atoms with van der Waals surface area (Å²) in [7, 11) is -1.31. The first kappa shape index (κ1) is 21.2. The zero-order valence-electron chi connectivity index (χ0n) is 15.6. The van der Waals surface area contributed by atoms with Crippen molar-refractivity contribution in [1.82, 2.24) is 18.8 Å². The minimum atomic E-state index is -3.95. The zero-order chi connectivity index (χ0) is 20.6. The molecule has 0 unspecified atom stereocenters. The van der Waals surface area contributed by atoms with Gasteiger partial charge in [0.1, 0.15) is 12.0 Å². The molecule has 0 spiro atoms. The Balaban J connectivity index is 1.92. The number of rotatable bonds is 5. The Kier molecular flexibility index (Phi) is 6.14. The average molecular weight is 437 g/mol. The van der Waals surface area contributed by atoms with Gasteiger partial charge < -0.3 is 9.80 Å². The maximum Gasteiger partial charge on any atom is 0.320 e. The Hall–Kier alpha value is -1.49. The van der Waals surface area contributed by atoms with Crippen molar-refractivity contribution in [3.8, 4) is 0 Å². The fourth-order valence-electron chi connectivity index (χ4n) is 3.38. The van der Waals surface area contributed by atoms with Crippen LogP contribution in [0.3, 0.4) is 0 Å². The molecule has 7 nitrogen and oxygen atoms in total. The maximum absolute atomic E-state index is 14.8. The SMILES string of the molecule is CN(C)S(=O)(=O)N[C@@H]1[C@@H](F)CN(C(=O)N2CCC2)[C@H]1Cc1cccc(Cl)c1F. The van der Waals surface area contributed by atoms with Crippen LogP contribution in [0.2, 0.25) is 5.02 Å². The Labute approximate surface area is 168 Å². The second kappa shape index (κ2) is 8.10. The minimum Gasteiger partial charge on any atom is -0.325 e. The van der Waals surface area contributed by atoms with E-state index in [1.165, 1.54) is 31.1 Å². The second-order valence-corrected chi connectivity index (χ2v) is 9.53. The molecule has 11 heteroatoms. The number of nitrogens with zero attached hydrogens (tertiary/aromatic N) is 3. The van der Waals surface area contributed by atoms with E-state index in [9.17, 15) is 22.0 Å². The largest absolute Gasteiger partial charge is 0.325 e. The van der Waals surface area contributed by atoms with Crippen LogP contribution in [0.1, 0.15) is 12.0 Å². The molecule has 2 amide bonds. The number of nitrogens with one attached hydrogen (secondary N) is 1. The van der Waals surface area contributed by atoms with Gasteiger partial charge >= 0.3 is 6.03 Å². The van der Waals surface area contributed by atoms with Crippen LogP contribution in [-0.2, 0) is 16.6 Å². The Morgan fingerprint density at radius 1 is 1.36 bits per heavy atom. The predicted molar refractivity (Wildman–Crippen MR) is 102 cm³/mol. The number of hydrogen-bond acceptors (Lipinski definition) is 3. The summed E-state index contributed by atoms with van der Waals surface area (Å²) in [4.78, 5) is 15.6. The third-order valence-electron chi connectivity index (χ3n) is 5.17. The third kappa shape index (κ3) is 4.10. The maximum atomic E-state index is 14.8. The van der Waals surface area contributed by atoms with Gasteiger partial charge in [-0.1, -0.05) is 23.7 Å². The van der Waals surface area contributed by atoms with Gasteiger partial charge in [-0.2, -0.15) is 17.4 Å². The Bertz CT molecular complexity index is 851. The standard InChI is InChI=1S/C17H23ClF2N4O3S/c1-22(2)28(26,27)21-16-13(19)10-24(17(25)23-7-4-8-23)14(16)9-11-5-3-6-12(18)15(11)20/h3,5-6,13-14,16,21H,4,7-10H2,1-2H3/t13-,14-,16+/m0/s1. The number of halogens is 3. The molecule has 0 aliphatic carbocycles. The zero-order valence-corrected chi connectivity index (χ0v) is 17.2. The van der Waals surface area contributed by atoms with E-state index < -0.39 is 34.3 Å². The van der Waals surface area contributed by atoms with E-state index in [1.54, 1.807) is 11.0 Å². The van der Waals surface area contributed by atoms with Crippen molar-refractivity contribution in [2.75, 3.05) is 33.7 Å². The van der Waals surface area contributed by atoms with Gasteiger partial charge in [0.15, 0.2) is 0 Å². The number of carbonyl (C=O) groups excluding carboxylic acids is 1. The van der Waals surface area contributed by atoms with Crippen molar-refractivity contribution < 1.29 is 22.0 Å². The molecule has 1 aromatic rings. The first-order valence-corrected chi connectivity index (χ1v) is 10.8. The van der Waals surface area contributed by atoms with Crippen LogP contribution in [0.15, 0.2) is 18.2 Å². The number of benzene rings is 1. The highest BCUT2D eigenvalue weighted by atomic mass is 35.5. The van der Waals surface area contributed by atoms with Crippen LogP contribution in [0.25, 0.3) is 0 Å². The van der Waals surface area contributed by atoms with E-state index >= 15 is 0 Å². The molecule has 2 aliphatic rings. The molecule has 3 rings (SSSR count). The third-order valence-corrected chi connectivity index (χ3v) is 7.00. The van der Waals surface area contributed by atoms with Gasteiger partial charge in [0, 0.05) is 27.2 Å². The summed E-state index contributed by atoms with van der Waals surface area (Å²) in [6.45, 7) is 0.875. The Morgan fingerprint density at radius 2 is 2.04 bits per heavy atom. The summed E-state index contributed by atoms with van der Waals surface area (Å²) >= 11 is 5.84. The summed E-state index contributed by atoms with van der Waals surface area (Å²) in [5.74, 6) is -0.656. The van der Waals surface area contributed by atoms with Crippen LogP contribution in [-0.4, -0.2) is 80.5 Å². The first-order chi connectivity index (χ1) is 13.1. The van der Waals surface area contributed by atoms with E-state index in [1.807, 2.05) is 0 Å². The van der Waals surface area contributed by atoms with E-state index in [2.05, 4.69) is 4.72 Å². The molecule has 2 heterocycles. The lowest BCUT2D eigenvalue weighted by Crippen LogP contribution is -2.55. The highest BCUT2D eigenvalue weighted by Gasteiger charge is 2.48. The van der Waals surface area contributed by atoms with Crippen LogP contribution in [0, 0.1) is 5.82 Å². The quantitative estimate of drug-likeness (QED) is 0.762. The first-order valence-electron chi connectivity index (χ1n) is 8.94. The van der Waals surface area contributed by atoms with Crippen LogP contribution < -0.4 is 4.72 Å². The smallest absolute Gasteiger partial charge is 0.320 e. The number of likely N-dealkylation sites (tertiary alicyclic amines) is 2. The molecular weight excluding hydrogens is 414 g/mol. The van der Waals surface area contributed by atoms with Gasteiger partial charge in [-0.25, -0.2) is 13.6 Å². The molecule has 28 heavy (non-hydrogen) atoms. The monoisotopic (exact) mass is 436 g/mol. The molecule has 0 bridgehead atoms. The summed E-state index contributed by atoms with van der Waals surface area (Å²) in [5.41, 5.74) is 0.196. The van der Waals surface area contributed by atoms with Crippen molar-refractivity contribution in [3.05, 3.63) is 34.6 Å². The number of amides is 2. The molecule has 2 aliphatic heterocycles. The summed E-state index contributed by atoms with van der Waals surface area (Å²) in [5, 5.41) is -0.0849. The lowest BCUT2D eigenvalue weighted by molar-refractivity contribution is 0.119. The molecular formula is C17H23ClF2N4O3S. The van der Waals surface area contributed by atoms with Crippen LogP contribution >= 0.6 is 11.6 Å². The average Bonchev–Trinajstić information content (AvgIpc) is 2.86. The van der Waals surface area contributed by atoms with Gasteiger partial charge in [0.05, 0.1) is 23.7 Å². The van der Waals surface area contributed by atoms with E-state index in [0.29, 0.717) is 13.1 Å². The van der Waals surface area contributed by atoms with Gasteiger partial charge in [-0.3, -0.25) is 0 Å². The van der Waals surface area contributed by atoms with Gasteiger partial charge in [0.2, 0.25) is 0 Å². The molecule has 2 saturated heterocycles. The van der Waals surface area contributed by atoms with Crippen molar-refractivity contribution in [2.45, 2.75) is 31.1 Å². The molecule has 0 aromatic heterocycles. The van der Waals surface area contributed by atoms with E-state index in [0.717, 1.165) is 10.7 Å². The number of carbonyl (C=O) groups is 1. The molecule has 0 saturated carbocycles. The van der Waals surface area contributed by atoms with Crippen molar-refractivity contribution >= 4 is 27.8 Å². The lowest BCUT2D eigenvalue weighted by atomic mass is 9.99. The molecule has 3 atom stereocenters. The Morgan fingerprint density at radius 3 is 2.61 bits per heavy atom. The molecule has 0 radical (unpaired) electrons. The molecule has 1 aromatic carbocycles. The predicted octanol–water partition coefficient (Wildman–Crippen LogP) is 1.63. The van der Waals surface area contributed by atoms with Crippen LogP contribution in [0.5, 0.6) is 0 Å². The fourth-order valence-corrected chi connectivity index (χ4v) is 4.43. The highest BCUT2D eigenvalue weighted by Crippen LogP contribution is 2.29. The highest BCUT2D eigenvalue weighted by molar-refractivity contribution is 7.87. The minimum absolute atomic E-state index is 0.0625.